The first-order valence-corrected chi connectivity index (χ1v) is 9.53. The molecule has 2 saturated heterocycles. The molecule has 2 heterocycles. The molecular weight excluding hydrogens is 334 g/mol. The van der Waals surface area contributed by atoms with Crippen molar-refractivity contribution in [2.75, 3.05) is 13.2 Å². The average Bonchev–Trinajstić information content (AvgIpc) is 3.15. The number of rotatable bonds is 0. The summed E-state index contributed by atoms with van der Waals surface area (Å²) in [6.45, 7) is 14.8. The number of piperidine rings is 1. The first-order chi connectivity index (χ1) is 12.0. The number of carbonyl (C=O) groups excluding carboxylic acids is 2. The van der Waals surface area contributed by atoms with E-state index in [1.165, 1.54) is 4.90 Å². The van der Waals surface area contributed by atoms with Crippen molar-refractivity contribution in [3.63, 3.8) is 0 Å². The fraction of sp³-hybridized carbons (Fsp3) is 0.800. The highest BCUT2D eigenvalue weighted by molar-refractivity contribution is 6.00. The van der Waals surface area contributed by atoms with Crippen LogP contribution in [0.25, 0.3) is 0 Å². The summed E-state index contributed by atoms with van der Waals surface area (Å²) in [4.78, 5) is 27.7. The molecule has 2 aliphatic heterocycles. The highest BCUT2D eigenvalue weighted by atomic mass is 16.7. The van der Waals surface area contributed by atoms with Gasteiger partial charge in [-0.1, -0.05) is 13.5 Å². The van der Waals surface area contributed by atoms with Crippen LogP contribution in [0.5, 0.6) is 0 Å². The van der Waals surface area contributed by atoms with Gasteiger partial charge in [-0.25, -0.2) is 9.69 Å². The number of nitrogens with zero attached hydrogens (tertiary/aromatic N) is 1. The van der Waals surface area contributed by atoms with Crippen LogP contribution in [-0.2, 0) is 19.0 Å². The zero-order chi connectivity index (χ0) is 19.1. The molecule has 2 amide bonds. The quantitative estimate of drug-likeness (QED) is 0.659. The lowest BCUT2D eigenvalue weighted by Gasteiger charge is -2.50. The van der Waals surface area contributed by atoms with E-state index in [2.05, 4.69) is 13.5 Å². The molecule has 6 heteroatoms. The van der Waals surface area contributed by atoms with Gasteiger partial charge in [-0.2, -0.15) is 0 Å². The van der Waals surface area contributed by atoms with E-state index in [-0.39, 0.29) is 23.2 Å². The molecule has 4 fully saturated rings. The second-order valence-electron chi connectivity index (χ2n) is 9.55. The fourth-order valence-electron chi connectivity index (χ4n) is 6.03. The van der Waals surface area contributed by atoms with Crippen LogP contribution >= 0.6 is 0 Å². The lowest BCUT2D eigenvalue weighted by Crippen LogP contribution is -2.61. The lowest BCUT2D eigenvalue weighted by atomic mass is 9.63. The summed E-state index contributed by atoms with van der Waals surface area (Å²) in [5.74, 6) is -0.964. The van der Waals surface area contributed by atoms with Gasteiger partial charge in [0, 0.05) is 23.5 Å². The van der Waals surface area contributed by atoms with Crippen molar-refractivity contribution in [3.05, 3.63) is 12.3 Å². The van der Waals surface area contributed by atoms with Crippen LogP contribution < -0.4 is 0 Å². The van der Waals surface area contributed by atoms with Crippen molar-refractivity contribution in [1.29, 1.82) is 0 Å². The van der Waals surface area contributed by atoms with Crippen molar-refractivity contribution >= 4 is 12.0 Å². The molecule has 2 saturated carbocycles. The Bertz CT molecular complexity index is 671. The number of hydrogen-bond acceptors (Lipinski definition) is 5. The minimum absolute atomic E-state index is 0.106. The molecule has 0 N–H and O–H groups in total. The van der Waals surface area contributed by atoms with Gasteiger partial charge in [0.2, 0.25) is 5.91 Å². The van der Waals surface area contributed by atoms with Crippen molar-refractivity contribution in [2.45, 2.75) is 65.3 Å². The molecule has 4 rings (SSSR count). The smallest absolute Gasteiger partial charge is 0.421 e. The van der Waals surface area contributed by atoms with E-state index in [1.54, 1.807) is 20.8 Å². The van der Waals surface area contributed by atoms with E-state index < -0.39 is 22.9 Å². The van der Waals surface area contributed by atoms with Gasteiger partial charge in [-0.15, -0.1) is 0 Å². The third kappa shape index (κ3) is 2.00. The molecule has 4 aliphatic rings. The summed E-state index contributed by atoms with van der Waals surface area (Å²) in [5, 5.41) is 0. The number of carbonyl (C=O) groups is 2. The van der Waals surface area contributed by atoms with Crippen LogP contribution in [0.2, 0.25) is 0 Å². The van der Waals surface area contributed by atoms with Gasteiger partial charge in [0.15, 0.2) is 5.79 Å². The maximum absolute atomic E-state index is 13.6. The Morgan fingerprint density at radius 1 is 1.27 bits per heavy atom. The second-order valence-corrected chi connectivity index (χ2v) is 9.55. The highest BCUT2D eigenvalue weighted by Gasteiger charge is 2.78. The summed E-state index contributed by atoms with van der Waals surface area (Å²) in [6, 6.07) is 0. The van der Waals surface area contributed by atoms with Crippen LogP contribution in [-0.4, -0.2) is 41.5 Å². The van der Waals surface area contributed by atoms with Gasteiger partial charge < -0.3 is 14.2 Å². The minimum atomic E-state index is -0.737. The van der Waals surface area contributed by atoms with Gasteiger partial charge in [0.05, 0.1) is 18.6 Å². The molecule has 2 bridgehead atoms. The van der Waals surface area contributed by atoms with Gasteiger partial charge in [-0.05, 0) is 46.5 Å². The Balaban J connectivity index is 1.80. The normalized spacial score (nSPS) is 41.0. The number of allylic oxidation sites excluding steroid dienone is 1. The Kier molecular flexibility index (Phi) is 3.53. The monoisotopic (exact) mass is 363 g/mol. The largest absolute Gasteiger partial charge is 0.443 e. The summed E-state index contributed by atoms with van der Waals surface area (Å²) in [5.41, 5.74) is -1.21. The topological polar surface area (TPSA) is 65.1 Å². The number of hydrogen-bond donors (Lipinski definition) is 0. The molecule has 26 heavy (non-hydrogen) atoms. The molecule has 0 radical (unpaired) electrons. The van der Waals surface area contributed by atoms with E-state index in [0.29, 0.717) is 18.9 Å². The van der Waals surface area contributed by atoms with E-state index >= 15 is 0 Å². The molecule has 6 nitrogen and oxygen atoms in total. The molecule has 0 aromatic heterocycles. The Morgan fingerprint density at radius 2 is 1.88 bits per heavy atom. The maximum Gasteiger partial charge on any atom is 0.421 e. The van der Waals surface area contributed by atoms with Crippen molar-refractivity contribution in [3.8, 4) is 0 Å². The molecule has 2 aliphatic carbocycles. The number of imide groups is 1. The standard InChI is InChI=1S/C20H29NO5/c1-12-11-19-7-8-20(24-9-10-25-20)14(19)18(12,6)15(22)21(13(19)2)16(23)26-17(3,4)5/h12,14H,2,7-11H2,1,3-6H3/t12?,14?,18-,19-/m1/s1. The molecular formula is C20H29NO5. The summed E-state index contributed by atoms with van der Waals surface area (Å²) < 4.78 is 17.7. The SMILES string of the molecule is C=C1N(C(=O)OC(C)(C)C)C(=O)[C@]2(C)C(C)C[C@]13CCC1(OCCO1)C32. The number of ether oxygens (including phenoxy) is 3. The van der Waals surface area contributed by atoms with E-state index in [1.807, 2.05) is 6.92 Å². The number of amides is 2. The third-order valence-corrected chi connectivity index (χ3v) is 7.07. The summed E-state index contributed by atoms with van der Waals surface area (Å²) >= 11 is 0. The molecule has 2 unspecified atom stereocenters. The van der Waals surface area contributed by atoms with Crippen LogP contribution in [0.1, 0.15) is 53.9 Å². The van der Waals surface area contributed by atoms with E-state index in [0.717, 1.165) is 19.3 Å². The van der Waals surface area contributed by atoms with Gasteiger partial charge in [-0.3, -0.25) is 4.79 Å². The molecule has 0 aromatic carbocycles. The van der Waals surface area contributed by atoms with Crippen LogP contribution in [0.4, 0.5) is 4.79 Å². The van der Waals surface area contributed by atoms with Gasteiger partial charge in [0.25, 0.3) is 0 Å². The average molecular weight is 363 g/mol. The first kappa shape index (κ1) is 18.0. The molecule has 4 atom stereocenters. The minimum Gasteiger partial charge on any atom is -0.443 e. The van der Waals surface area contributed by atoms with Crippen molar-refractivity contribution < 1.29 is 23.8 Å². The Morgan fingerprint density at radius 3 is 2.46 bits per heavy atom. The van der Waals surface area contributed by atoms with Crippen molar-refractivity contribution in [1.82, 2.24) is 4.90 Å². The van der Waals surface area contributed by atoms with Crippen molar-refractivity contribution in [2.24, 2.45) is 22.7 Å². The molecule has 144 valence electrons. The summed E-state index contributed by atoms with van der Waals surface area (Å²) in [7, 11) is 0. The zero-order valence-corrected chi connectivity index (χ0v) is 16.4. The number of likely N-dealkylation sites (tertiary alicyclic amines) is 1. The van der Waals surface area contributed by atoms with E-state index in [4.69, 9.17) is 14.2 Å². The van der Waals surface area contributed by atoms with Gasteiger partial charge in [0.1, 0.15) is 5.60 Å². The van der Waals surface area contributed by atoms with E-state index in [9.17, 15) is 9.59 Å². The first-order valence-electron chi connectivity index (χ1n) is 9.53. The fourth-order valence-corrected chi connectivity index (χ4v) is 6.03. The van der Waals surface area contributed by atoms with Crippen LogP contribution in [0, 0.1) is 22.7 Å². The predicted octanol–water partition coefficient (Wildman–Crippen LogP) is 3.46. The molecule has 0 aromatic rings. The van der Waals surface area contributed by atoms with Crippen LogP contribution in [0.15, 0.2) is 12.3 Å². The lowest BCUT2D eigenvalue weighted by molar-refractivity contribution is -0.221. The Labute approximate surface area is 154 Å². The summed E-state index contributed by atoms with van der Waals surface area (Å²) in [6.07, 6.45) is 1.73. The predicted molar refractivity (Wildman–Crippen MR) is 93.9 cm³/mol. The third-order valence-electron chi connectivity index (χ3n) is 7.07. The second kappa shape index (κ2) is 5.10. The molecule has 1 spiro atoms. The maximum atomic E-state index is 13.6. The van der Waals surface area contributed by atoms with Gasteiger partial charge >= 0.3 is 6.09 Å². The van der Waals surface area contributed by atoms with Crippen LogP contribution in [0.3, 0.4) is 0 Å². The Hall–Kier alpha value is -1.40. The zero-order valence-electron chi connectivity index (χ0n) is 16.4. The highest BCUT2D eigenvalue weighted by Crippen LogP contribution is 2.74.